The fourth-order valence-corrected chi connectivity index (χ4v) is 6.02. The molecule has 1 N–H and O–H groups in total. The Morgan fingerprint density at radius 2 is 1.74 bits per heavy atom. The molecule has 0 aliphatic heterocycles. The Kier molecular flexibility index (Phi) is 8.76. The molecular weight excluding hydrogens is 532 g/mol. The predicted molar refractivity (Wildman–Crippen MR) is 156 cm³/mol. The minimum absolute atomic E-state index is 0.0929. The molecule has 2 aromatic heterocycles. The maximum atomic E-state index is 12.9. The van der Waals surface area contributed by atoms with E-state index in [1.165, 1.54) is 30.2 Å². The molecule has 2 aromatic carbocycles. The van der Waals surface area contributed by atoms with E-state index in [4.69, 9.17) is 9.47 Å². The lowest BCUT2D eigenvalue weighted by Gasteiger charge is -2.15. The number of benzene rings is 2. The zero-order valence-corrected chi connectivity index (χ0v) is 24.8. The van der Waals surface area contributed by atoms with Gasteiger partial charge in [-0.05, 0) is 69.0 Å². The van der Waals surface area contributed by atoms with E-state index in [0.29, 0.717) is 21.5 Å². The van der Waals surface area contributed by atoms with Crippen molar-refractivity contribution in [2.45, 2.75) is 45.9 Å². The number of hydrogen-bond donors (Lipinski definition) is 1. The summed E-state index contributed by atoms with van der Waals surface area (Å²) in [5.74, 6) is 0.764. The zero-order chi connectivity index (χ0) is 28.3. The standard InChI is InChI=1S/C29H32N4O4S2/c1-16-8-9-19(4)22(13-16)23-14-38-27(25(23)28(35)36-7)30-24(34)15-39-29-32-31-26(33(29)6)20(5)37-21-11-17(2)10-18(3)12-21/h8-14,20H,15H2,1-7H3,(H,30,34). The van der Waals surface area contributed by atoms with Gasteiger partial charge >= 0.3 is 5.97 Å². The first kappa shape index (κ1) is 28.4. The Labute approximate surface area is 236 Å². The largest absolute Gasteiger partial charge is 0.483 e. The molecule has 0 saturated carbocycles. The van der Waals surface area contributed by atoms with Crippen LogP contribution in [0.25, 0.3) is 11.1 Å². The maximum Gasteiger partial charge on any atom is 0.341 e. The van der Waals surface area contributed by atoms with Crippen LogP contribution in [-0.4, -0.2) is 39.5 Å². The second kappa shape index (κ2) is 12.0. The number of anilines is 1. The number of esters is 1. The van der Waals surface area contributed by atoms with Crippen LogP contribution in [-0.2, 0) is 16.6 Å². The molecule has 204 valence electrons. The van der Waals surface area contributed by atoms with Crippen LogP contribution in [0.1, 0.15) is 51.5 Å². The predicted octanol–water partition coefficient (Wildman–Crippen LogP) is 6.43. The normalized spacial score (nSPS) is 11.8. The Morgan fingerprint density at radius 1 is 1.03 bits per heavy atom. The van der Waals surface area contributed by atoms with Crippen molar-refractivity contribution in [1.29, 1.82) is 0 Å². The molecule has 8 nitrogen and oxygen atoms in total. The first-order valence-electron chi connectivity index (χ1n) is 12.4. The first-order chi connectivity index (χ1) is 18.6. The topological polar surface area (TPSA) is 95.3 Å². The van der Waals surface area contributed by atoms with Crippen molar-refractivity contribution < 1.29 is 19.1 Å². The summed E-state index contributed by atoms with van der Waals surface area (Å²) >= 11 is 2.56. The van der Waals surface area contributed by atoms with Crippen LogP contribution in [0.4, 0.5) is 5.00 Å². The highest BCUT2D eigenvalue weighted by Gasteiger charge is 2.24. The molecule has 0 spiro atoms. The summed E-state index contributed by atoms with van der Waals surface area (Å²) in [7, 11) is 3.19. The van der Waals surface area contributed by atoms with Crippen LogP contribution in [0.3, 0.4) is 0 Å². The van der Waals surface area contributed by atoms with Gasteiger partial charge in [-0.3, -0.25) is 4.79 Å². The Balaban J connectivity index is 1.45. The van der Waals surface area contributed by atoms with Gasteiger partial charge in [-0.1, -0.05) is 41.6 Å². The van der Waals surface area contributed by atoms with Crippen molar-refractivity contribution in [2.24, 2.45) is 7.05 Å². The average Bonchev–Trinajstić information content (AvgIpc) is 3.46. The van der Waals surface area contributed by atoms with E-state index in [2.05, 4.69) is 21.6 Å². The van der Waals surface area contributed by atoms with E-state index < -0.39 is 5.97 Å². The number of thiophene rings is 1. The summed E-state index contributed by atoms with van der Waals surface area (Å²) in [5, 5.41) is 14.4. The molecule has 4 rings (SSSR count). The fourth-order valence-electron chi connectivity index (χ4n) is 4.34. The van der Waals surface area contributed by atoms with Gasteiger partial charge in [-0.2, -0.15) is 0 Å². The number of nitrogens with zero attached hydrogens (tertiary/aromatic N) is 3. The number of methoxy groups -OCH3 is 1. The zero-order valence-electron chi connectivity index (χ0n) is 23.1. The van der Waals surface area contributed by atoms with E-state index in [9.17, 15) is 9.59 Å². The number of amides is 1. The van der Waals surface area contributed by atoms with Gasteiger partial charge in [0.15, 0.2) is 17.1 Å². The van der Waals surface area contributed by atoms with Crippen LogP contribution < -0.4 is 10.1 Å². The number of hydrogen-bond acceptors (Lipinski definition) is 8. The number of thioether (sulfide) groups is 1. The van der Waals surface area contributed by atoms with Crippen LogP contribution in [0.5, 0.6) is 5.75 Å². The SMILES string of the molecule is COC(=O)c1c(-c2cc(C)ccc2C)csc1NC(=O)CSc1nnc(C(C)Oc2cc(C)cc(C)c2)n1C. The molecule has 0 radical (unpaired) electrons. The van der Waals surface area contributed by atoms with Gasteiger partial charge in [0.05, 0.1) is 12.9 Å². The second-order valence-corrected chi connectivity index (χ2v) is 11.3. The van der Waals surface area contributed by atoms with Crippen molar-refractivity contribution in [3.05, 3.63) is 75.4 Å². The highest BCUT2D eigenvalue weighted by atomic mass is 32.2. The average molecular weight is 565 g/mol. The van der Waals surface area contributed by atoms with Gasteiger partial charge in [0, 0.05) is 18.0 Å². The molecule has 10 heteroatoms. The summed E-state index contributed by atoms with van der Waals surface area (Å²) in [6, 6.07) is 12.1. The second-order valence-electron chi connectivity index (χ2n) is 9.48. The van der Waals surface area contributed by atoms with E-state index in [1.54, 1.807) is 0 Å². The molecular formula is C29H32N4O4S2. The fraction of sp³-hybridized carbons (Fsp3) is 0.310. The summed E-state index contributed by atoms with van der Waals surface area (Å²) in [4.78, 5) is 25.6. The van der Waals surface area contributed by atoms with Crippen molar-refractivity contribution in [3.8, 4) is 16.9 Å². The smallest absolute Gasteiger partial charge is 0.341 e. The number of rotatable bonds is 9. The van der Waals surface area contributed by atoms with Gasteiger partial charge in [-0.25, -0.2) is 4.79 Å². The molecule has 1 amide bonds. The number of carbonyl (C=O) groups excluding carboxylic acids is 2. The number of aromatic nitrogens is 3. The molecule has 0 aliphatic rings. The highest BCUT2D eigenvalue weighted by molar-refractivity contribution is 7.99. The van der Waals surface area contributed by atoms with Crippen LogP contribution >= 0.6 is 23.1 Å². The van der Waals surface area contributed by atoms with Gasteiger partial charge in [0.2, 0.25) is 5.91 Å². The maximum absolute atomic E-state index is 12.9. The lowest BCUT2D eigenvalue weighted by atomic mass is 9.97. The third-order valence-corrected chi connectivity index (χ3v) is 8.11. The quantitative estimate of drug-likeness (QED) is 0.185. The Morgan fingerprint density at radius 3 is 2.44 bits per heavy atom. The molecule has 4 aromatic rings. The first-order valence-corrected chi connectivity index (χ1v) is 14.3. The van der Waals surface area contributed by atoms with E-state index in [0.717, 1.165) is 39.1 Å². The number of aryl methyl sites for hydroxylation is 4. The Bertz CT molecular complexity index is 1510. The number of ether oxygens (including phenoxy) is 2. The van der Waals surface area contributed by atoms with Crippen LogP contribution in [0.15, 0.2) is 46.9 Å². The molecule has 39 heavy (non-hydrogen) atoms. The third kappa shape index (κ3) is 6.51. The number of nitrogens with one attached hydrogen (secondary N) is 1. The third-order valence-electron chi connectivity index (χ3n) is 6.19. The monoisotopic (exact) mass is 564 g/mol. The molecule has 1 unspecified atom stereocenters. The van der Waals surface area contributed by atoms with Gasteiger partial charge in [0.1, 0.15) is 16.3 Å². The lowest BCUT2D eigenvalue weighted by Crippen LogP contribution is -2.16. The molecule has 1 atom stereocenters. The molecule has 0 aliphatic carbocycles. The molecule has 2 heterocycles. The van der Waals surface area contributed by atoms with Gasteiger partial charge in [-0.15, -0.1) is 21.5 Å². The molecule has 0 saturated heterocycles. The summed E-state index contributed by atoms with van der Waals surface area (Å²) in [6.45, 7) is 9.97. The van der Waals surface area contributed by atoms with E-state index >= 15 is 0 Å². The summed E-state index contributed by atoms with van der Waals surface area (Å²) < 4.78 is 13.0. The van der Waals surface area contributed by atoms with Crippen LogP contribution in [0, 0.1) is 27.7 Å². The van der Waals surface area contributed by atoms with Crippen molar-refractivity contribution in [1.82, 2.24) is 14.8 Å². The van der Waals surface area contributed by atoms with Crippen molar-refractivity contribution in [3.63, 3.8) is 0 Å². The van der Waals surface area contributed by atoms with Crippen molar-refractivity contribution in [2.75, 3.05) is 18.2 Å². The van der Waals surface area contributed by atoms with Gasteiger partial charge < -0.3 is 19.4 Å². The van der Waals surface area contributed by atoms with E-state index in [1.807, 2.05) is 81.9 Å². The molecule has 0 bridgehead atoms. The van der Waals surface area contributed by atoms with Crippen LogP contribution in [0.2, 0.25) is 0 Å². The molecule has 0 fully saturated rings. The minimum Gasteiger partial charge on any atom is -0.483 e. The minimum atomic E-state index is -0.495. The highest BCUT2D eigenvalue weighted by Crippen LogP contribution is 2.38. The van der Waals surface area contributed by atoms with Crippen molar-refractivity contribution >= 4 is 40.0 Å². The summed E-state index contributed by atoms with van der Waals surface area (Å²) in [5.41, 5.74) is 6.39. The van der Waals surface area contributed by atoms with Gasteiger partial charge in [0.25, 0.3) is 0 Å². The van der Waals surface area contributed by atoms with E-state index in [-0.39, 0.29) is 17.8 Å². The summed E-state index contributed by atoms with van der Waals surface area (Å²) in [6.07, 6.45) is -0.330. The number of carbonyl (C=O) groups is 2. The lowest BCUT2D eigenvalue weighted by molar-refractivity contribution is -0.113. The Hall–Kier alpha value is -3.63.